The molecule has 1 aromatic carbocycles. The second-order valence-electron chi connectivity index (χ2n) is 7.43. The number of hydrogen-bond donors (Lipinski definition) is 0. The molecular weight excluding hydrogens is 411 g/mol. The minimum Gasteiger partial charge on any atom is -0.337 e. The number of rotatable bonds is 4. The van der Waals surface area contributed by atoms with Crippen molar-refractivity contribution in [1.29, 1.82) is 0 Å². The van der Waals surface area contributed by atoms with Crippen LogP contribution in [0.3, 0.4) is 0 Å². The number of nitrogens with zero attached hydrogens (tertiary/aromatic N) is 2. The van der Waals surface area contributed by atoms with E-state index in [0.717, 1.165) is 9.75 Å². The number of halogens is 1. The van der Waals surface area contributed by atoms with Crippen molar-refractivity contribution in [3.8, 4) is 10.4 Å². The number of sulfone groups is 1. The van der Waals surface area contributed by atoms with E-state index in [2.05, 4.69) is 4.90 Å². The Kier molecular flexibility index (Phi) is 5.85. The fourth-order valence-corrected chi connectivity index (χ4v) is 6.58. The normalized spacial score (nSPS) is 22.4. The second kappa shape index (κ2) is 8.38. The number of amides is 1. The van der Waals surface area contributed by atoms with Crippen LogP contribution in [0.25, 0.3) is 16.5 Å². The summed E-state index contributed by atoms with van der Waals surface area (Å²) in [5.74, 6) is 0.206. The topological polar surface area (TPSA) is 57.7 Å². The molecule has 2 fully saturated rings. The molecule has 1 amide bonds. The Morgan fingerprint density at radius 3 is 2.55 bits per heavy atom. The molecule has 5 nitrogen and oxygen atoms in total. The van der Waals surface area contributed by atoms with Crippen molar-refractivity contribution in [2.75, 3.05) is 37.7 Å². The van der Waals surface area contributed by atoms with Crippen molar-refractivity contribution in [2.45, 2.75) is 12.5 Å². The number of thiophene rings is 1. The van der Waals surface area contributed by atoms with Gasteiger partial charge in [0.2, 0.25) is 5.91 Å². The summed E-state index contributed by atoms with van der Waals surface area (Å²) < 4.78 is 37.3. The van der Waals surface area contributed by atoms with Crippen LogP contribution >= 0.6 is 11.3 Å². The lowest BCUT2D eigenvalue weighted by atomic mass is 10.2. The van der Waals surface area contributed by atoms with Gasteiger partial charge in [0, 0.05) is 53.6 Å². The predicted molar refractivity (Wildman–Crippen MR) is 114 cm³/mol. The van der Waals surface area contributed by atoms with Gasteiger partial charge in [0.1, 0.15) is 5.82 Å². The molecule has 2 aliphatic rings. The average Bonchev–Trinajstić information content (AvgIpc) is 3.33. The third-order valence-electron chi connectivity index (χ3n) is 5.51. The lowest BCUT2D eigenvalue weighted by molar-refractivity contribution is -0.127. The smallest absolute Gasteiger partial charge is 0.246 e. The van der Waals surface area contributed by atoms with Gasteiger partial charge in [0.25, 0.3) is 0 Å². The molecule has 1 atom stereocenters. The molecule has 0 radical (unpaired) electrons. The number of benzene rings is 1. The molecule has 154 valence electrons. The lowest BCUT2D eigenvalue weighted by Crippen LogP contribution is -2.52. The van der Waals surface area contributed by atoms with Crippen LogP contribution in [0.5, 0.6) is 0 Å². The first-order valence-electron chi connectivity index (χ1n) is 9.67. The Morgan fingerprint density at radius 1 is 1.10 bits per heavy atom. The van der Waals surface area contributed by atoms with E-state index in [1.165, 1.54) is 17.4 Å². The van der Waals surface area contributed by atoms with Crippen molar-refractivity contribution in [1.82, 2.24) is 9.80 Å². The average molecular weight is 435 g/mol. The Hall–Kier alpha value is -2.03. The second-order valence-corrected chi connectivity index (χ2v) is 10.8. The van der Waals surface area contributed by atoms with Crippen LogP contribution in [0, 0.1) is 5.82 Å². The lowest BCUT2D eigenvalue weighted by Gasteiger charge is -2.37. The van der Waals surface area contributed by atoms with Crippen LogP contribution in [0.4, 0.5) is 4.39 Å². The first-order chi connectivity index (χ1) is 13.9. The minimum absolute atomic E-state index is 0.0514. The molecule has 2 aliphatic heterocycles. The van der Waals surface area contributed by atoms with Crippen molar-refractivity contribution in [3.05, 3.63) is 53.2 Å². The SMILES string of the molecule is O=C(C=Cc1ccc(-c2ccccc2F)s1)N1CCN(C2CCS(=O)(=O)C2)CC1. The van der Waals surface area contributed by atoms with Crippen molar-refractivity contribution in [2.24, 2.45) is 0 Å². The Labute approximate surface area is 174 Å². The van der Waals surface area contributed by atoms with Crippen LogP contribution in [0.1, 0.15) is 11.3 Å². The summed E-state index contributed by atoms with van der Waals surface area (Å²) in [6.45, 7) is 2.61. The molecule has 2 saturated heterocycles. The van der Waals surface area contributed by atoms with Crippen molar-refractivity contribution in [3.63, 3.8) is 0 Å². The largest absolute Gasteiger partial charge is 0.337 e. The van der Waals surface area contributed by atoms with E-state index in [1.807, 2.05) is 12.1 Å². The molecule has 8 heteroatoms. The minimum atomic E-state index is -2.89. The van der Waals surface area contributed by atoms with Gasteiger partial charge in [-0.15, -0.1) is 11.3 Å². The summed E-state index contributed by atoms with van der Waals surface area (Å²) in [6.07, 6.45) is 4.03. The van der Waals surface area contributed by atoms with Crippen LogP contribution in [-0.2, 0) is 14.6 Å². The van der Waals surface area contributed by atoms with E-state index in [-0.39, 0.29) is 29.3 Å². The van der Waals surface area contributed by atoms with E-state index in [0.29, 0.717) is 38.2 Å². The standard InChI is InChI=1S/C21H23FN2O3S2/c22-19-4-2-1-3-18(19)20-7-5-17(28-20)6-8-21(25)24-12-10-23(11-13-24)16-9-14-29(26,27)15-16/h1-8,16H,9-15H2. The fourth-order valence-electron chi connectivity index (χ4n) is 3.88. The summed E-state index contributed by atoms with van der Waals surface area (Å²) in [6, 6.07) is 10.5. The third kappa shape index (κ3) is 4.76. The summed E-state index contributed by atoms with van der Waals surface area (Å²) in [4.78, 5) is 18.2. The van der Waals surface area contributed by atoms with E-state index in [9.17, 15) is 17.6 Å². The number of piperazine rings is 1. The molecule has 0 N–H and O–H groups in total. The first-order valence-corrected chi connectivity index (χ1v) is 12.3. The molecular formula is C21H23FN2O3S2. The van der Waals surface area contributed by atoms with Crippen LogP contribution in [0.15, 0.2) is 42.5 Å². The summed E-state index contributed by atoms with van der Waals surface area (Å²) in [5.41, 5.74) is 0.563. The summed E-state index contributed by atoms with van der Waals surface area (Å²) in [5, 5.41) is 0. The number of carbonyl (C=O) groups excluding carboxylic acids is 1. The van der Waals surface area contributed by atoms with Gasteiger partial charge in [-0.1, -0.05) is 18.2 Å². The van der Waals surface area contributed by atoms with E-state index in [1.54, 1.807) is 35.3 Å². The highest BCUT2D eigenvalue weighted by atomic mass is 32.2. The highest BCUT2D eigenvalue weighted by Crippen LogP contribution is 2.30. The zero-order valence-corrected chi connectivity index (χ0v) is 17.6. The Bertz CT molecular complexity index is 1020. The van der Waals surface area contributed by atoms with E-state index >= 15 is 0 Å². The highest BCUT2D eigenvalue weighted by molar-refractivity contribution is 7.91. The van der Waals surface area contributed by atoms with Crippen LogP contribution in [0.2, 0.25) is 0 Å². The maximum absolute atomic E-state index is 13.9. The molecule has 0 spiro atoms. The van der Waals surface area contributed by atoms with Crippen molar-refractivity contribution < 1.29 is 17.6 Å². The zero-order chi connectivity index (χ0) is 20.4. The van der Waals surface area contributed by atoms with Gasteiger partial charge in [-0.25, -0.2) is 12.8 Å². The fraction of sp³-hybridized carbons (Fsp3) is 0.381. The van der Waals surface area contributed by atoms with Gasteiger partial charge in [-0.05, 0) is 30.7 Å². The molecule has 0 saturated carbocycles. The van der Waals surface area contributed by atoms with E-state index < -0.39 is 9.84 Å². The quantitative estimate of drug-likeness (QED) is 0.695. The summed E-state index contributed by atoms with van der Waals surface area (Å²) in [7, 11) is -2.89. The summed E-state index contributed by atoms with van der Waals surface area (Å²) >= 11 is 1.44. The Morgan fingerprint density at radius 2 is 1.86 bits per heavy atom. The van der Waals surface area contributed by atoms with Crippen molar-refractivity contribution >= 4 is 33.2 Å². The molecule has 0 bridgehead atoms. The van der Waals surface area contributed by atoms with Gasteiger partial charge in [-0.2, -0.15) is 0 Å². The molecule has 2 aromatic rings. The van der Waals surface area contributed by atoms with Gasteiger partial charge in [0.15, 0.2) is 9.84 Å². The van der Waals surface area contributed by atoms with Gasteiger partial charge in [-0.3, -0.25) is 9.69 Å². The maximum Gasteiger partial charge on any atom is 0.246 e. The van der Waals surface area contributed by atoms with Crippen LogP contribution in [-0.4, -0.2) is 67.9 Å². The van der Waals surface area contributed by atoms with Crippen LogP contribution < -0.4 is 0 Å². The zero-order valence-electron chi connectivity index (χ0n) is 16.0. The molecule has 1 aromatic heterocycles. The first kappa shape index (κ1) is 20.3. The molecule has 1 unspecified atom stereocenters. The monoisotopic (exact) mass is 434 g/mol. The number of carbonyl (C=O) groups is 1. The van der Waals surface area contributed by atoms with Gasteiger partial charge >= 0.3 is 0 Å². The molecule has 4 rings (SSSR count). The molecule has 3 heterocycles. The van der Waals surface area contributed by atoms with Gasteiger partial charge < -0.3 is 4.90 Å². The van der Waals surface area contributed by atoms with Gasteiger partial charge in [0.05, 0.1) is 11.5 Å². The highest BCUT2D eigenvalue weighted by Gasteiger charge is 2.34. The maximum atomic E-state index is 13.9. The Balaban J connectivity index is 1.32. The number of hydrogen-bond acceptors (Lipinski definition) is 5. The predicted octanol–water partition coefficient (Wildman–Crippen LogP) is 2.90. The molecule has 29 heavy (non-hydrogen) atoms. The van der Waals surface area contributed by atoms with E-state index in [4.69, 9.17) is 0 Å². The third-order valence-corrected chi connectivity index (χ3v) is 8.34. The molecule has 0 aliphatic carbocycles.